The highest BCUT2D eigenvalue weighted by Crippen LogP contribution is 2.31. The maximum absolute atomic E-state index is 12.5. The first kappa shape index (κ1) is 19.4. The van der Waals surface area contributed by atoms with Crippen LogP contribution in [-0.2, 0) is 9.59 Å². The van der Waals surface area contributed by atoms with Crippen molar-refractivity contribution >= 4 is 63.5 Å². The molecule has 4 nitrogen and oxygen atoms in total. The van der Waals surface area contributed by atoms with Crippen molar-refractivity contribution in [1.82, 2.24) is 4.90 Å². The number of rotatable bonds is 5. The summed E-state index contributed by atoms with van der Waals surface area (Å²) in [7, 11) is 0. The Bertz CT molecular complexity index is 942. The molecule has 27 heavy (non-hydrogen) atoms. The number of allylic oxidation sites excluding steroid dienone is 2. The minimum Gasteiger partial charge on any atom is -0.323 e. The van der Waals surface area contributed by atoms with Gasteiger partial charge in [0.1, 0.15) is 10.9 Å². The van der Waals surface area contributed by atoms with E-state index in [1.165, 1.54) is 16.7 Å². The molecule has 0 radical (unpaired) electrons. The molecular formula is C20H15ClN2O2S2. The smallest absolute Gasteiger partial charge is 0.266 e. The Labute approximate surface area is 171 Å². The molecule has 0 bridgehead atoms. The molecule has 1 aliphatic heterocycles. The number of nitrogens with zero attached hydrogens (tertiary/aromatic N) is 1. The average Bonchev–Trinajstić information content (AvgIpc) is 2.92. The molecule has 2 amide bonds. The molecule has 1 heterocycles. The van der Waals surface area contributed by atoms with E-state index in [-0.39, 0.29) is 18.4 Å². The minimum absolute atomic E-state index is 0.157. The number of anilines is 1. The van der Waals surface area contributed by atoms with Crippen LogP contribution in [0.15, 0.2) is 71.7 Å². The van der Waals surface area contributed by atoms with Gasteiger partial charge in [0.2, 0.25) is 5.91 Å². The molecule has 0 spiro atoms. The summed E-state index contributed by atoms with van der Waals surface area (Å²) < 4.78 is 0.355. The van der Waals surface area contributed by atoms with Crippen LogP contribution in [0.5, 0.6) is 0 Å². The highest BCUT2D eigenvalue weighted by molar-refractivity contribution is 8.26. The van der Waals surface area contributed by atoms with Gasteiger partial charge in [-0.3, -0.25) is 14.5 Å². The Morgan fingerprint density at radius 3 is 2.59 bits per heavy atom. The lowest BCUT2D eigenvalue weighted by molar-refractivity contribution is -0.126. The fraction of sp³-hybridized carbons (Fsp3) is 0.0500. The van der Waals surface area contributed by atoms with Crippen molar-refractivity contribution in [2.75, 3.05) is 11.9 Å². The number of hydrogen-bond acceptors (Lipinski definition) is 4. The molecule has 0 atom stereocenters. The zero-order chi connectivity index (χ0) is 19.2. The predicted octanol–water partition coefficient (Wildman–Crippen LogP) is 4.74. The molecule has 1 aliphatic rings. The van der Waals surface area contributed by atoms with Crippen LogP contribution in [0, 0.1) is 0 Å². The maximum Gasteiger partial charge on any atom is 0.266 e. The Kier molecular flexibility index (Phi) is 6.45. The summed E-state index contributed by atoms with van der Waals surface area (Å²) in [4.78, 5) is 26.5. The molecule has 1 fully saturated rings. The first-order valence-corrected chi connectivity index (χ1v) is 9.66. The number of thiocarbonyl (C=S) groups is 1. The molecule has 0 unspecified atom stereocenters. The Hall–Kier alpha value is -2.41. The van der Waals surface area contributed by atoms with Crippen molar-refractivity contribution in [2.24, 2.45) is 0 Å². The molecule has 1 saturated heterocycles. The van der Waals surface area contributed by atoms with E-state index in [9.17, 15) is 9.59 Å². The minimum atomic E-state index is -0.361. The van der Waals surface area contributed by atoms with E-state index in [4.69, 9.17) is 23.8 Å². The Morgan fingerprint density at radius 2 is 1.85 bits per heavy atom. The van der Waals surface area contributed by atoms with Gasteiger partial charge in [0.15, 0.2) is 0 Å². The van der Waals surface area contributed by atoms with Gasteiger partial charge < -0.3 is 5.32 Å². The molecule has 2 aromatic carbocycles. The van der Waals surface area contributed by atoms with Gasteiger partial charge in [-0.1, -0.05) is 90.2 Å². The monoisotopic (exact) mass is 414 g/mol. The molecule has 0 saturated carbocycles. The zero-order valence-electron chi connectivity index (χ0n) is 14.1. The fourth-order valence-corrected chi connectivity index (χ4v) is 3.75. The fourth-order valence-electron chi connectivity index (χ4n) is 2.36. The van der Waals surface area contributed by atoms with E-state index in [0.29, 0.717) is 19.9 Å². The van der Waals surface area contributed by atoms with Crippen molar-refractivity contribution in [3.8, 4) is 0 Å². The number of amides is 2. The van der Waals surface area contributed by atoms with Crippen molar-refractivity contribution in [3.63, 3.8) is 0 Å². The van der Waals surface area contributed by atoms with Crippen molar-refractivity contribution in [3.05, 3.63) is 82.2 Å². The van der Waals surface area contributed by atoms with Gasteiger partial charge in [-0.05, 0) is 23.8 Å². The average molecular weight is 415 g/mol. The van der Waals surface area contributed by atoms with Crippen LogP contribution in [0.1, 0.15) is 5.56 Å². The van der Waals surface area contributed by atoms with Crippen LogP contribution >= 0.6 is 35.6 Å². The third-order valence-electron chi connectivity index (χ3n) is 3.66. The van der Waals surface area contributed by atoms with Gasteiger partial charge in [-0.15, -0.1) is 0 Å². The third-order valence-corrected chi connectivity index (χ3v) is 5.38. The SMILES string of the molecule is O=C(CN1C(=O)/C(=C/C=C/c2ccccc2)SC1=S)Nc1ccccc1Cl. The molecule has 3 rings (SSSR count). The zero-order valence-corrected chi connectivity index (χ0v) is 16.5. The number of benzene rings is 2. The number of para-hydroxylation sites is 1. The van der Waals surface area contributed by atoms with Crippen LogP contribution in [-0.4, -0.2) is 27.6 Å². The largest absolute Gasteiger partial charge is 0.323 e. The second-order valence-corrected chi connectivity index (χ2v) is 7.67. The van der Waals surface area contributed by atoms with E-state index in [1.807, 2.05) is 36.4 Å². The van der Waals surface area contributed by atoms with E-state index in [0.717, 1.165) is 5.56 Å². The predicted molar refractivity (Wildman–Crippen MR) is 116 cm³/mol. The van der Waals surface area contributed by atoms with Crippen molar-refractivity contribution in [1.29, 1.82) is 0 Å². The van der Waals surface area contributed by atoms with Crippen LogP contribution < -0.4 is 5.32 Å². The Morgan fingerprint density at radius 1 is 1.15 bits per heavy atom. The van der Waals surface area contributed by atoms with Crippen LogP contribution in [0.25, 0.3) is 6.08 Å². The molecular weight excluding hydrogens is 400 g/mol. The molecule has 0 aromatic heterocycles. The summed E-state index contributed by atoms with van der Waals surface area (Å²) in [5, 5.41) is 3.12. The summed E-state index contributed by atoms with van der Waals surface area (Å²) in [6.45, 7) is -0.157. The van der Waals surface area contributed by atoms with Crippen LogP contribution in [0.3, 0.4) is 0 Å². The van der Waals surface area contributed by atoms with E-state index in [1.54, 1.807) is 36.4 Å². The van der Waals surface area contributed by atoms with Gasteiger partial charge in [0.05, 0.1) is 15.6 Å². The molecule has 7 heteroatoms. The van der Waals surface area contributed by atoms with Crippen LogP contribution in [0.2, 0.25) is 5.02 Å². The lowest BCUT2D eigenvalue weighted by atomic mass is 10.2. The lowest BCUT2D eigenvalue weighted by Gasteiger charge is -2.14. The van der Waals surface area contributed by atoms with E-state index < -0.39 is 0 Å². The third kappa shape index (κ3) is 5.07. The first-order valence-electron chi connectivity index (χ1n) is 8.06. The molecule has 0 aliphatic carbocycles. The normalized spacial score (nSPS) is 15.7. The summed E-state index contributed by atoms with van der Waals surface area (Å²) in [5.41, 5.74) is 1.53. The first-order chi connectivity index (χ1) is 13.0. The standard InChI is InChI=1S/C20H15ClN2O2S2/c21-15-10-4-5-11-16(15)22-18(24)13-23-19(25)17(27-20(23)26)12-6-9-14-7-2-1-3-8-14/h1-12H,13H2,(H,22,24)/b9-6+,17-12-. The maximum atomic E-state index is 12.5. The topological polar surface area (TPSA) is 49.4 Å². The van der Waals surface area contributed by atoms with E-state index >= 15 is 0 Å². The van der Waals surface area contributed by atoms with Gasteiger partial charge in [-0.2, -0.15) is 0 Å². The number of halogens is 1. The highest BCUT2D eigenvalue weighted by atomic mass is 35.5. The van der Waals surface area contributed by atoms with E-state index in [2.05, 4.69) is 5.32 Å². The van der Waals surface area contributed by atoms with Gasteiger partial charge in [-0.25, -0.2) is 0 Å². The molecule has 2 aromatic rings. The number of thioether (sulfide) groups is 1. The summed E-state index contributed by atoms with van der Waals surface area (Å²) in [5.74, 6) is -0.641. The molecule has 136 valence electrons. The quantitative estimate of drug-likeness (QED) is 0.567. The highest BCUT2D eigenvalue weighted by Gasteiger charge is 2.33. The van der Waals surface area contributed by atoms with Gasteiger partial charge >= 0.3 is 0 Å². The number of hydrogen-bond donors (Lipinski definition) is 1. The summed E-state index contributed by atoms with van der Waals surface area (Å²) in [6, 6.07) is 16.7. The van der Waals surface area contributed by atoms with Gasteiger partial charge in [0.25, 0.3) is 5.91 Å². The summed E-state index contributed by atoms with van der Waals surface area (Å²) >= 11 is 12.5. The number of nitrogens with one attached hydrogen (secondary N) is 1. The van der Waals surface area contributed by atoms with Gasteiger partial charge in [0, 0.05) is 0 Å². The second-order valence-electron chi connectivity index (χ2n) is 5.59. The summed E-state index contributed by atoms with van der Waals surface area (Å²) in [6.07, 6.45) is 5.40. The lowest BCUT2D eigenvalue weighted by Crippen LogP contribution is -2.36. The Balaban J connectivity index is 1.63. The van der Waals surface area contributed by atoms with Crippen molar-refractivity contribution in [2.45, 2.75) is 0 Å². The number of carbonyl (C=O) groups excluding carboxylic acids is 2. The van der Waals surface area contributed by atoms with Crippen molar-refractivity contribution < 1.29 is 9.59 Å². The molecule has 1 N–H and O–H groups in total. The second kappa shape index (κ2) is 8.99. The van der Waals surface area contributed by atoms with Crippen LogP contribution in [0.4, 0.5) is 5.69 Å². The number of carbonyl (C=O) groups is 2.